The fourth-order valence-electron chi connectivity index (χ4n) is 10.9. The molecule has 0 saturated heterocycles. The first-order chi connectivity index (χ1) is 33.3. The molecule has 14 aromatic rings. The summed E-state index contributed by atoms with van der Waals surface area (Å²) >= 11 is 1.90. The van der Waals surface area contributed by atoms with Gasteiger partial charge in [0.05, 0.1) is 46.9 Å². The zero-order valence-electron chi connectivity index (χ0n) is 37.7. The highest BCUT2D eigenvalue weighted by Crippen LogP contribution is 2.45. The predicted octanol–water partition coefficient (Wildman–Crippen LogP) is 16.0. The number of fused-ring (bicyclic) bond motifs is 12. The molecule has 8 aromatic heterocycles. The topological polar surface area (TPSA) is 74.6 Å². The molecule has 0 saturated carbocycles. The monoisotopic (exact) mass is 892 g/mol. The lowest BCUT2D eigenvalue weighted by molar-refractivity contribution is 0.663. The van der Waals surface area contributed by atoms with Crippen LogP contribution in [0, 0.1) is 27.7 Å². The Labute approximate surface area is 394 Å². The molecule has 0 fully saturated rings. The molecular formula is C60H40N6OS. The van der Waals surface area contributed by atoms with Crippen molar-refractivity contribution in [1.82, 2.24) is 29.1 Å². The zero-order valence-corrected chi connectivity index (χ0v) is 38.5. The van der Waals surface area contributed by atoms with Crippen LogP contribution in [0.2, 0.25) is 0 Å². The van der Waals surface area contributed by atoms with E-state index < -0.39 is 0 Å². The van der Waals surface area contributed by atoms with Crippen LogP contribution in [-0.4, -0.2) is 29.1 Å². The van der Waals surface area contributed by atoms with Gasteiger partial charge in [0.2, 0.25) is 0 Å². The third kappa shape index (κ3) is 5.71. The first kappa shape index (κ1) is 38.8. The van der Waals surface area contributed by atoms with E-state index in [-0.39, 0.29) is 0 Å². The molecular weight excluding hydrogens is 853 g/mol. The summed E-state index contributed by atoms with van der Waals surface area (Å²) in [5, 5.41) is 9.45. The minimum atomic E-state index is 0.925. The number of hydrogen-bond donors (Lipinski definition) is 0. The molecule has 8 heterocycles. The van der Waals surface area contributed by atoms with E-state index >= 15 is 0 Å². The minimum Gasteiger partial charge on any atom is -0.456 e. The fourth-order valence-corrected chi connectivity index (χ4v) is 12.1. The molecule has 0 bridgehead atoms. The summed E-state index contributed by atoms with van der Waals surface area (Å²) in [5.74, 6) is 0. The lowest BCUT2D eigenvalue weighted by atomic mass is 9.94. The van der Waals surface area contributed by atoms with Gasteiger partial charge in [-0.25, -0.2) is 0 Å². The highest BCUT2D eigenvalue weighted by Gasteiger charge is 2.20. The van der Waals surface area contributed by atoms with E-state index in [9.17, 15) is 0 Å². The van der Waals surface area contributed by atoms with Crippen molar-refractivity contribution < 1.29 is 4.42 Å². The van der Waals surface area contributed by atoms with Crippen LogP contribution in [0.3, 0.4) is 0 Å². The van der Waals surface area contributed by atoms with Gasteiger partial charge in [-0.1, -0.05) is 24.3 Å². The predicted molar refractivity (Wildman–Crippen MR) is 282 cm³/mol. The van der Waals surface area contributed by atoms with E-state index in [0.717, 1.165) is 94.0 Å². The molecule has 8 heteroatoms. The van der Waals surface area contributed by atoms with Crippen LogP contribution < -0.4 is 0 Å². The van der Waals surface area contributed by atoms with Crippen LogP contribution in [0.5, 0.6) is 0 Å². The molecule has 322 valence electrons. The van der Waals surface area contributed by atoms with Crippen molar-refractivity contribution in [3.05, 3.63) is 193 Å². The van der Waals surface area contributed by atoms with Gasteiger partial charge in [0.1, 0.15) is 11.2 Å². The second kappa shape index (κ2) is 14.5. The summed E-state index contributed by atoms with van der Waals surface area (Å²) in [5.41, 5.74) is 20.0. The maximum atomic E-state index is 6.73. The van der Waals surface area contributed by atoms with E-state index in [1.165, 1.54) is 58.8 Å². The zero-order chi connectivity index (χ0) is 45.4. The van der Waals surface area contributed by atoms with Crippen molar-refractivity contribution in [3.8, 4) is 44.8 Å². The molecule has 0 radical (unpaired) electrons. The third-order valence-corrected chi connectivity index (χ3v) is 15.5. The maximum Gasteiger partial charge on any atom is 0.138 e. The van der Waals surface area contributed by atoms with Crippen molar-refractivity contribution in [3.63, 3.8) is 0 Å². The van der Waals surface area contributed by atoms with Gasteiger partial charge in [-0.05, 0) is 180 Å². The summed E-state index contributed by atoms with van der Waals surface area (Å²) in [6.07, 6.45) is 15.2. The maximum absolute atomic E-state index is 6.73. The highest BCUT2D eigenvalue weighted by molar-refractivity contribution is 7.26. The van der Waals surface area contributed by atoms with Gasteiger partial charge in [-0.2, -0.15) is 0 Å². The number of pyridine rings is 4. The van der Waals surface area contributed by atoms with Gasteiger partial charge in [0, 0.05) is 88.7 Å². The van der Waals surface area contributed by atoms with Gasteiger partial charge >= 0.3 is 0 Å². The third-order valence-electron chi connectivity index (χ3n) is 14.0. The molecule has 0 atom stereocenters. The summed E-state index contributed by atoms with van der Waals surface area (Å²) in [7, 11) is 0. The van der Waals surface area contributed by atoms with Crippen LogP contribution in [-0.2, 0) is 0 Å². The second-order valence-electron chi connectivity index (χ2n) is 18.2. The fraction of sp³-hybridized carbons (Fsp3) is 0.0667. The quantitative estimate of drug-likeness (QED) is 0.172. The van der Waals surface area contributed by atoms with Crippen LogP contribution in [0.25, 0.3) is 130 Å². The average Bonchev–Trinajstić information content (AvgIpc) is 4.13. The minimum absolute atomic E-state index is 0.925. The van der Waals surface area contributed by atoms with Crippen LogP contribution in [0.1, 0.15) is 22.3 Å². The van der Waals surface area contributed by atoms with Crippen LogP contribution in [0.15, 0.2) is 175 Å². The number of aromatic nitrogens is 6. The SMILES string of the molecule is Cc1cc(-c2cccc(-n3c4cnccc4c4ccncc43)c2)cc2c1oc1c(C)cc(-c3cc(C)c4sc5c(C)cc(-c6cccc(-n7c8cnccc8c8ccncc87)c6)cc5c4c3)cc12. The summed E-state index contributed by atoms with van der Waals surface area (Å²) < 4.78 is 13.9. The number of aryl methyl sites for hydroxylation is 4. The van der Waals surface area contributed by atoms with Gasteiger partial charge in [0.25, 0.3) is 0 Å². The van der Waals surface area contributed by atoms with E-state index in [0.29, 0.717) is 0 Å². The van der Waals surface area contributed by atoms with Crippen molar-refractivity contribution in [1.29, 1.82) is 0 Å². The highest BCUT2D eigenvalue weighted by atomic mass is 32.1. The number of thiophene rings is 1. The first-order valence-electron chi connectivity index (χ1n) is 22.9. The van der Waals surface area contributed by atoms with E-state index in [2.05, 4.69) is 178 Å². The number of hydrogen-bond acceptors (Lipinski definition) is 6. The smallest absolute Gasteiger partial charge is 0.138 e. The Morgan fingerprint density at radius 1 is 0.353 bits per heavy atom. The Morgan fingerprint density at radius 3 is 1.10 bits per heavy atom. The number of furan rings is 1. The van der Waals surface area contributed by atoms with Crippen molar-refractivity contribution in [2.75, 3.05) is 0 Å². The van der Waals surface area contributed by atoms with E-state index in [1.807, 2.05) is 60.9 Å². The summed E-state index contributed by atoms with van der Waals surface area (Å²) in [6, 6.07) is 44.6. The van der Waals surface area contributed by atoms with Crippen LogP contribution >= 0.6 is 11.3 Å². The molecule has 14 rings (SSSR count). The average molecular weight is 893 g/mol. The van der Waals surface area contributed by atoms with E-state index in [1.54, 1.807) is 0 Å². The second-order valence-corrected chi connectivity index (χ2v) is 19.2. The molecule has 6 aromatic carbocycles. The standard InChI is InChI=1S/C60H40N6OS/c1-33-19-39(37-7-5-9-43(23-37)65-53-29-61-15-11-45(53)46-12-16-62-30-54(46)65)25-49-50-26-41(20-34(2)58(50)67-57(33)49)42-22-36(4)60-52(28-42)51-27-40(21-35(3)59(51)68-60)38-8-6-10-44(24-38)66-55-31-63-17-13-47(55)48-14-18-64-32-56(48)66/h5-32H,1-4H3. The molecule has 0 aliphatic rings. The van der Waals surface area contributed by atoms with Gasteiger partial charge in [-0.15, -0.1) is 11.3 Å². The molecule has 0 N–H and O–H groups in total. The Hall–Kier alpha value is -8.46. The summed E-state index contributed by atoms with van der Waals surface area (Å²) in [4.78, 5) is 18.0. The molecule has 68 heavy (non-hydrogen) atoms. The molecule has 0 spiro atoms. The largest absolute Gasteiger partial charge is 0.456 e. The van der Waals surface area contributed by atoms with Crippen molar-refractivity contribution in [2.45, 2.75) is 27.7 Å². The van der Waals surface area contributed by atoms with Crippen LogP contribution in [0.4, 0.5) is 0 Å². The lowest BCUT2D eigenvalue weighted by Gasteiger charge is -2.11. The Balaban J connectivity index is 0.883. The van der Waals surface area contributed by atoms with Gasteiger partial charge in [0.15, 0.2) is 0 Å². The normalized spacial score (nSPS) is 12.1. The Morgan fingerprint density at radius 2 is 0.706 bits per heavy atom. The Bertz CT molecular complexity index is 4060. The number of benzene rings is 6. The number of rotatable bonds is 5. The van der Waals surface area contributed by atoms with Crippen molar-refractivity contribution >= 4 is 97.1 Å². The molecule has 7 nitrogen and oxygen atoms in total. The van der Waals surface area contributed by atoms with Gasteiger partial charge in [-0.3, -0.25) is 19.9 Å². The number of nitrogens with zero attached hydrogens (tertiary/aromatic N) is 6. The first-order valence-corrected chi connectivity index (χ1v) is 23.7. The van der Waals surface area contributed by atoms with Gasteiger partial charge < -0.3 is 13.6 Å². The molecule has 0 amide bonds. The van der Waals surface area contributed by atoms with E-state index in [4.69, 9.17) is 4.42 Å². The molecule has 0 aliphatic heterocycles. The Kier molecular flexibility index (Phi) is 8.28. The van der Waals surface area contributed by atoms with Crippen molar-refractivity contribution in [2.24, 2.45) is 0 Å². The molecule has 0 aliphatic carbocycles. The molecule has 0 unspecified atom stereocenters. The summed E-state index contributed by atoms with van der Waals surface area (Å²) in [6.45, 7) is 8.83. The lowest BCUT2D eigenvalue weighted by Crippen LogP contribution is -1.95.